The van der Waals surface area contributed by atoms with Gasteiger partial charge >= 0.3 is 0 Å². The number of amides is 2. The van der Waals surface area contributed by atoms with Crippen molar-refractivity contribution in [2.45, 2.75) is 20.0 Å². The number of anilines is 2. The number of ether oxygens (including phenoxy) is 1. The van der Waals surface area contributed by atoms with Gasteiger partial charge in [0.05, 0.1) is 22.6 Å². The Morgan fingerprint density at radius 1 is 1.06 bits per heavy atom. The molecule has 0 aliphatic heterocycles. The van der Waals surface area contributed by atoms with Crippen LogP contribution in [0, 0.1) is 0 Å². The van der Waals surface area contributed by atoms with E-state index in [1.165, 1.54) is 17.6 Å². The third-order valence-electron chi connectivity index (χ3n) is 4.33. The SMILES string of the molecule is CC(C)Oc1ccc(C(=O)NC(=S)Nc2ccc3nc(NC(=O)c4ccco4)sc3c2)cc1. The Morgan fingerprint density at radius 2 is 1.85 bits per heavy atom. The van der Waals surface area contributed by atoms with Crippen LogP contribution in [0.4, 0.5) is 10.8 Å². The van der Waals surface area contributed by atoms with Crippen LogP contribution in [-0.4, -0.2) is 28.0 Å². The first kappa shape index (κ1) is 22.4. The number of benzene rings is 2. The molecule has 0 saturated heterocycles. The summed E-state index contributed by atoms with van der Waals surface area (Å²) >= 11 is 6.59. The van der Waals surface area contributed by atoms with Gasteiger partial charge < -0.3 is 14.5 Å². The molecule has 0 unspecified atom stereocenters. The molecule has 168 valence electrons. The fourth-order valence-electron chi connectivity index (χ4n) is 2.92. The maximum atomic E-state index is 12.5. The van der Waals surface area contributed by atoms with E-state index in [1.54, 1.807) is 48.5 Å². The minimum atomic E-state index is -0.370. The summed E-state index contributed by atoms with van der Waals surface area (Å²) in [4.78, 5) is 29.0. The zero-order valence-electron chi connectivity index (χ0n) is 17.7. The Hall–Kier alpha value is -3.76. The van der Waals surface area contributed by atoms with E-state index in [-0.39, 0.29) is 28.8 Å². The molecule has 0 aliphatic carbocycles. The second-order valence-electron chi connectivity index (χ2n) is 7.23. The Bertz CT molecular complexity index is 1300. The van der Waals surface area contributed by atoms with Gasteiger partial charge in [-0.1, -0.05) is 11.3 Å². The van der Waals surface area contributed by atoms with Gasteiger partial charge in [-0.25, -0.2) is 4.98 Å². The van der Waals surface area contributed by atoms with Crippen LogP contribution < -0.4 is 20.7 Å². The van der Waals surface area contributed by atoms with Crippen LogP contribution in [0.25, 0.3) is 10.2 Å². The molecule has 0 atom stereocenters. The molecule has 0 aliphatic rings. The van der Waals surface area contributed by atoms with Gasteiger partial charge in [-0.2, -0.15) is 0 Å². The van der Waals surface area contributed by atoms with E-state index in [0.29, 0.717) is 22.1 Å². The number of thiazole rings is 1. The van der Waals surface area contributed by atoms with Crippen LogP contribution in [-0.2, 0) is 0 Å². The molecular formula is C23H20N4O4S2. The zero-order chi connectivity index (χ0) is 23.4. The van der Waals surface area contributed by atoms with Crippen LogP contribution in [0.3, 0.4) is 0 Å². The summed E-state index contributed by atoms with van der Waals surface area (Å²) in [5, 5.41) is 8.98. The monoisotopic (exact) mass is 480 g/mol. The van der Waals surface area contributed by atoms with Crippen molar-refractivity contribution in [2.75, 3.05) is 10.6 Å². The lowest BCUT2D eigenvalue weighted by Gasteiger charge is -2.11. The quantitative estimate of drug-likeness (QED) is 0.331. The number of nitrogens with one attached hydrogen (secondary N) is 3. The number of fused-ring (bicyclic) bond motifs is 1. The average molecular weight is 481 g/mol. The molecule has 2 amide bonds. The number of carbonyl (C=O) groups is 2. The summed E-state index contributed by atoms with van der Waals surface area (Å²) in [5.74, 6) is 0.204. The molecule has 8 nitrogen and oxygen atoms in total. The third kappa shape index (κ3) is 5.73. The predicted molar refractivity (Wildman–Crippen MR) is 132 cm³/mol. The molecule has 33 heavy (non-hydrogen) atoms. The Kier molecular flexibility index (Phi) is 6.66. The zero-order valence-corrected chi connectivity index (χ0v) is 19.4. The highest BCUT2D eigenvalue weighted by molar-refractivity contribution is 7.80. The molecule has 4 aromatic rings. The van der Waals surface area contributed by atoms with E-state index in [1.807, 2.05) is 19.9 Å². The molecule has 0 bridgehead atoms. The van der Waals surface area contributed by atoms with Gasteiger partial charge in [-0.05, 0) is 80.7 Å². The number of hydrogen-bond acceptors (Lipinski definition) is 7. The topological polar surface area (TPSA) is 105 Å². The van der Waals surface area contributed by atoms with Crippen molar-refractivity contribution in [3.63, 3.8) is 0 Å². The predicted octanol–water partition coefficient (Wildman–Crippen LogP) is 5.06. The standard InChI is InChI=1S/C23H20N4O4S2/c1-13(2)31-16-8-5-14(6-9-16)20(28)26-22(32)24-15-7-10-17-19(12-15)33-23(25-17)27-21(29)18-4-3-11-30-18/h3-13H,1-2H3,(H,25,27,29)(H2,24,26,28,32). The number of hydrogen-bond donors (Lipinski definition) is 3. The van der Waals surface area contributed by atoms with Crippen molar-refractivity contribution in [1.82, 2.24) is 10.3 Å². The number of carbonyl (C=O) groups excluding carboxylic acids is 2. The Balaban J connectivity index is 1.37. The summed E-state index contributed by atoms with van der Waals surface area (Å²) in [6, 6.07) is 15.5. The third-order valence-corrected chi connectivity index (χ3v) is 5.46. The molecule has 2 heterocycles. The van der Waals surface area contributed by atoms with Crippen LogP contribution in [0.1, 0.15) is 34.8 Å². The van der Waals surface area contributed by atoms with Crippen molar-refractivity contribution >= 4 is 61.5 Å². The van der Waals surface area contributed by atoms with Gasteiger partial charge in [0.15, 0.2) is 16.0 Å². The molecule has 0 saturated carbocycles. The molecule has 4 rings (SSSR count). The van der Waals surface area contributed by atoms with Crippen LogP contribution in [0.2, 0.25) is 0 Å². The van der Waals surface area contributed by atoms with Crippen molar-refractivity contribution in [3.05, 3.63) is 72.2 Å². The maximum absolute atomic E-state index is 12.5. The summed E-state index contributed by atoms with van der Waals surface area (Å²) in [6.45, 7) is 3.87. The molecule has 0 radical (unpaired) electrons. The summed E-state index contributed by atoms with van der Waals surface area (Å²) in [7, 11) is 0. The first-order valence-electron chi connectivity index (χ1n) is 10.0. The largest absolute Gasteiger partial charge is 0.491 e. The first-order chi connectivity index (χ1) is 15.9. The van der Waals surface area contributed by atoms with E-state index in [2.05, 4.69) is 20.9 Å². The van der Waals surface area contributed by atoms with E-state index >= 15 is 0 Å². The molecule has 0 spiro atoms. The van der Waals surface area contributed by atoms with Gasteiger partial charge in [-0.15, -0.1) is 0 Å². The van der Waals surface area contributed by atoms with E-state index < -0.39 is 0 Å². The van der Waals surface area contributed by atoms with Crippen molar-refractivity contribution < 1.29 is 18.7 Å². The van der Waals surface area contributed by atoms with Gasteiger partial charge in [0.1, 0.15) is 5.75 Å². The van der Waals surface area contributed by atoms with Gasteiger partial charge in [0.2, 0.25) is 0 Å². The van der Waals surface area contributed by atoms with E-state index in [0.717, 1.165) is 10.2 Å². The highest BCUT2D eigenvalue weighted by Gasteiger charge is 2.13. The highest BCUT2D eigenvalue weighted by Crippen LogP contribution is 2.28. The normalized spacial score (nSPS) is 10.8. The fourth-order valence-corrected chi connectivity index (χ4v) is 4.03. The second-order valence-corrected chi connectivity index (χ2v) is 8.67. The minimum absolute atomic E-state index is 0.0562. The van der Waals surface area contributed by atoms with Crippen molar-refractivity contribution in [3.8, 4) is 5.75 Å². The summed E-state index contributed by atoms with van der Waals surface area (Å²) in [6.07, 6.45) is 1.49. The van der Waals surface area contributed by atoms with E-state index in [9.17, 15) is 9.59 Å². The Labute approximate surface area is 199 Å². The van der Waals surface area contributed by atoms with Crippen LogP contribution >= 0.6 is 23.6 Å². The van der Waals surface area contributed by atoms with Crippen LogP contribution in [0.5, 0.6) is 5.75 Å². The van der Waals surface area contributed by atoms with Crippen molar-refractivity contribution in [1.29, 1.82) is 0 Å². The molecule has 3 N–H and O–H groups in total. The lowest BCUT2D eigenvalue weighted by molar-refractivity contribution is 0.0975. The lowest BCUT2D eigenvalue weighted by Crippen LogP contribution is -2.34. The highest BCUT2D eigenvalue weighted by atomic mass is 32.1. The van der Waals surface area contributed by atoms with E-state index in [4.69, 9.17) is 21.4 Å². The second kappa shape index (κ2) is 9.80. The average Bonchev–Trinajstić information content (AvgIpc) is 3.43. The number of thiocarbonyl (C=S) groups is 1. The molecular weight excluding hydrogens is 460 g/mol. The fraction of sp³-hybridized carbons (Fsp3) is 0.130. The number of aromatic nitrogens is 1. The molecule has 2 aromatic heterocycles. The van der Waals surface area contributed by atoms with Crippen LogP contribution in [0.15, 0.2) is 65.3 Å². The minimum Gasteiger partial charge on any atom is -0.491 e. The Morgan fingerprint density at radius 3 is 2.55 bits per heavy atom. The number of nitrogens with zero attached hydrogens (tertiary/aromatic N) is 1. The number of furan rings is 1. The number of rotatable bonds is 6. The molecule has 10 heteroatoms. The lowest BCUT2D eigenvalue weighted by atomic mass is 10.2. The van der Waals surface area contributed by atoms with Gasteiger partial charge in [0.25, 0.3) is 11.8 Å². The van der Waals surface area contributed by atoms with Gasteiger partial charge in [-0.3, -0.25) is 20.2 Å². The maximum Gasteiger partial charge on any atom is 0.293 e. The molecule has 0 fully saturated rings. The smallest absolute Gasteiger partial charge is 0.293 e. The molecule has 2 aromatic carbocycles. The summed E-state index contributed by atoms with van der Waals surface area (Å²) in [5.41, 5.74) is 1.87. The first-order valence-corrected chi connectivity index (χ1v) is 11.2. The summed E-state index contributed by atoms with van der Waals surface area (Å²) < 4.78 is 11.5. The van der Waals surface area contributed by atoms with Gasteiger partial charge in [0, 0.05) is 11.3 Å². The van der Waals surface area contributed by atoms with Crippen molar-refractivity contribution in [2.24, 2.45) is 0 Å².